The highest BCUT2D eigenvalue weighted by molar-refractivity contribution is 7.99. The van der Waals surface area contributed by atoms with E-state index in [1.807, 2.05) is 45.0 Å². The van der Waals surface area contributed by atoms with Gasteiger partial charge in [0.05, 0.1) is 12.7 Å². The van der Waals surface area contributed by atoms with Gasteiger partial charge in [0.25, 0.3) is 5.91 Å². The molecule has 0 spiro atoms. The molecule has 2 aromatic rings. The first-order valence-electron chi connectivity index (χ1n) is 11.4. The van der Waals surface area contributed by atoms with Crippen LogP contribution in [0.5, 0.6) is 5.75 Å². The van der Waals surface area contributed by atoms with Crippen molar-refractivity contribution in [3.05, 3.63) is 65.2 Å². The molecule has 3 amide bonds. The summed E-state index contributed by atoms with van der Waals surface area (Å²) < 4.78 is 5.31. The Morgan fingerprint density at radius 2 is 1.83 bits per heavy atom. The van der Waals surface area contributed by atoms with Gasteiger partial charge in [-0.15, -0.1) is 0 Å². The van der Waals surface area contributed by atoms with Crippen LogP contribution in [0.15, 0.2) is 48.5 Å². The molecule has 8 heteroatoms. The fourth-order valence-corrected chi connectivity index (χ4v) is 4.18. The maximum absolute atomic E-state index is 13.2. The lowest BCUT2D eigenvalue weighted by Gasteiger charge is -2.23. The highest BCUT2D eigenvalue weighted by Crippen LogP contribution is 2.16. The van der Waals surface area contributed by atoms with Gasteiger partial charge in [-0.25, -0.2) is 9.59 Å². The van der Waals surface area contributed by atoms with Crippen molar-refractivity contribution < 1.29 is 24.2 Å². The molecule has 2 N–H and O–H groups in total. The van der Waals surface area contributed by atoms with Gasteiger partial charge in [0.15, 0.2) is 0 Å². The standard InChI is InChI=1S/C27H32N2O5S/c1-5-15-29(27(33)28-23(26(31)32)18-35-17-19(2)3)25(30)22-11-8-9-20(16-22)13-14-21-10-6-7-12-24(21)34-4/h6-12,16,19,23H,5,15,17-18H2,1-4H3,(H,28,33)(H,31,32). The molecule has 0 aliphatic rings. The molecular formula is C27H32N2O5S. The van der Waals surface area contributed by atoms with E-state index in [1.165, 1.54) is 11.8 Å². The van der Waals surface area contributed by atoms with Gasteiger partial charge in [-0.2, -0.15) is 11.8 Å². The van der Waals surface area contributed by atoms with E-state index in [4.69, 9.17) is 4.74 Å². The number of carboxylic acids is 1. The number of nitrogens with zero attached hydrogens (tertiary/aromatic N) is 1. The summed E-state index contributed by atoms with van der Waals surface area (Å²) in [5, 5.41) is 12.0. The zero-order valence-electron chi connectivity index (χ0n) is 20.5. The number of ether oxygens (including phenoxy) is 1. The lowest BCUT2D eigenvalue weighted by atomic mass is 10.1. The Morgan fingerprint density at radius 3 is 2.49 bits per heavy atom. The summed E-state index contributed by atoms with van der Waals surface area (Å²) in [6, 6.07) is 12.3. The average molecular weight is 497 g/mol. The van der Waals surface area contributed by atoms with E-state index in [2.05, 4.69) is 17.2 Å². The number of hydrogen-bond donors (Lipinski definition) is 2. The summed E-state index contributed by atoms with van der Waals surface area (Å²) in [6.07, 6.45) is 0.534. The van der Waals surface area contributed by atoms with Gasteiger partial charge in [-0.3, -0.25) is 9.69 Å². The molecule has 0 saturated carbocycles. The molecule has 0 fully saturated rings. The van der Waals surface area contributed by atoms with E-state index < -0.39 is 23.9 Å². The van der Waals surface area contributed by atoms with Crippen molar-refractivity contribution in [2.45, 2.75) is 33.2 Å². The Morgan fingerprint density at radius 1 is 1.09 bits per heavy atom. The monoisotopic (exact) mass is 496 g/mol. The molecule has 7 nitrogen and oxygen atoms in total. The van der Waals surface area contributed by atoms with Gasteiger partial charge in [-0.1, -0.05) is 50.8 Å². The van der Waals surface area contributed by atoms with Crippen LogP contribution >= 0.6 is 11.8 Å². The van der Waals surface area contributed by atoms with Crippen LogP contribution < -0.4 is 10.1 Å². The largest absolute Gasteiger partial charge is 0.495 e. The number of hydrogen-bond acceptors (Lipinski definition) is 5. The molecule has 0 aromatic heterocycles. The first-order valence-corrected chi connectivity index (χ1v) is 12.6. The van der Waals surface area contributed by atoms with Crippen molar-refractivity contribution in [1.29, 1.82) is 0 Å². The van der Waals surface area contributed by atoms with Gasteiger partial charge in [0.1, 0.15) is 11.8 Å². The molecular weight excluding hydrogens is 464 g/mol. The van der Waals surface area contributed by atoms with Crippen LogP contribution in [-0.4, -0.2) is 59.1 Å². The third-order valence-electron chi connectivity index (χ3n) is 4.83. The predicted octanol–water partition coefficient (Wildman–Crippen LogP) is 4.50. The van der Waals surface area contributed by atoms with E-state index in [1.54, 1.807) is 31.4 Å². The van der Waals surface area contributed by atoms with Crippen molar-refractivity contribution >= 4 is 29.7 Å². The number of amides is 3. The number of carboxylic acid groups (broad SMARTS) is 1. The van der Waals surface area contributed by atoms with Gasteiger partial charge in [0.2, 0.25) is 0 Å². The summed E-state index contributed by atoms with van der Waals surface area (Å²) in [5.74, 6) is 6.49. The number of carbonyl (C=O) groups excluding carboxylic acids is 2. The van der Waals surface area contributed by atoms with Crippen LogP contribution in [0.1, 0.15) is 48.7 Å². The second kappa shape index (κ2) is 14.1. The number of para-hydroxylation sites is 1. The van der Waals surface area contributed by atoms with Gasteiger partial charge in [0, 0.05) is 23.4 Å². The van der Waals surface area contributed by atoms with Crippen LogP contribution in [0, 0.1) is 17.8 Å². The molecule has 2 rings (SSSR count). The molecule has 1 atom stereocenters. The van der Waals surface area contributed by atoms with Crippen LogP contribution in [0.4, 0.5) is 4.79 Å². The number of aliphatic carboxylic acids is 1. The smallest absolute Gasteiger partial charge is 0.327 e. The molecule has 0 aliphatic carbocycles. The van der Waals surface area contributed by atoms with E-state index >= 15 is 0 Å². The first kappa shape index (κ1) is 27.8. The summed E-state index contributed by atoms with van der Waals surface area (Å²) in [4.78, 5) is 38.8. The Bertz CT molecular complexity index is 1090. The molecule has 0 radical (unpaired) electrons. The average Bonchev–Trinajstić information content (AvgIpc) is 2.84. The maximum atomic E-state index is 13.2. The molecule has 2 aromatic carbocycles. The minimum absolute atomic E-state index is 0.160. The van der Waals surface area contributed by atoms with Crippen molar-refractivity contribution in [3.63, 3.8) is 0 Å². The van der Waals surface area contributed by atoms with Gasteiger partial charge in [-0.05, 0) is 48.4 Å². The molecule has 1 unspecified atom stereocenters. The fourth-order valence-electron chi connectivity index (χ4n) is 3.12. The van der Waals surface area contributed by atoms with E-state index in [0.29, 0.717) is 34.8 Å². The quantitative estimate of drug-likeness (QED) is 0.470. The van der Waals surface area contributed by atoms with Crippen molar-refractivity contribution in [2.24, 2.45) is 5.92 Å². The molecule has 0 heterocycles. The molecule has 0 saturated heterocycles. The first-order chi connectivity index (χ1) is 16.8. The number of carbonyl (C=O) groups is 3. The van der Waals surface area contributed by atoms with Gasteiger partial charge >= 0.3 is 12.0 Å². The highest BCUT2D eigenvalue weighted by Gasteiger charge is 2.27. The second-order valence-corrected chi connectivity index (χ2v) is 9.33. The number of thioether (sulfide) groups is 1. The lowest BCUT2D eigenvalue weighted by molar-refractivity contribution is -0.138. The molecule has 35 heavy (non-hydrogen) atoms. The summed E-state index contributed by atoms with van der Waals surface area (Å²) in [7, 11) is 1.57. The fraction of sp³-hybridized carbons (Fsp3) is 0.370. The minimum atomic E-state index is -1.13. The maximum Gasteiger partial charge on any atom is 0.327 e. The zero-order valence-corrected chi connectivity index (χ0v) is 21.4. The summed E-state index contributed by atoms with van der Waals surface area (Å²) in [6.45, 7) is 6.08. The van der Waals surface area contributed by atoms with E-state index in [0.717, 1.165) is 10.7 Å². The normalized spacial score (nSPS) is 11.2. The number of methoxy groups -OCH3 is 1. The SMILES string of the molecule is CCCN(C(=O)NC(CSCC(C)C)C(=O)O)C(=O)c1cccc(C#Cc2ccccc2OC)c1. The van der Waals surface area contributed by atoms with Crippen molar-refractivity contribution in [1.82, 2.24) is 10.2 Å². The Hall–Kier alpha value is -3.44. The summed E-state index contributed by atoms with van der Waals surface area (Å²) in [5.41, 5.74) is 1.61. The topological polar surface area (TPSA) is 95.9 Å². The van der Waals surface area contributed by atoms with Crippen LogP contribution in [-0.2, 0) is 4.79 Å². The predicted molar refractivity (Wildman–Crippen MR) is 139 cm³/mol. The third kappa shape index (κ3) is 8.69. The molecule has 0 bridgehead atoms. The van der Waals surface area contributed by atoms with E-state index in [9.17, 15) is 19.5 Å². The van der Waals surface area contributed by atoms with Gasteiger partial charge < -0.3 is 15.2 Å². The molecule has 0 aliphatic heterocycles. The molecule has 186 valence electrons. The number of imide groups is 1. The summed E-state index contributed by atoms with van der Waals surface area (Å²) >= 11 is 1.45. The van der Waals surface area contributed by atoms with Crippen molar-refractivity contribution in [2.75, 3.05) is 25.2 Å². The van der Waals surface area contributed by atoms with Crippen LogP contribution in [0.25, 0.3) is 0 Å². The van der Waals surface area contributed by atoms with E-state index in [-0.39, 0.29) is 12.3 Å². The van der Waals surface area contributed by atoms with Crippen molar-refractivity contribution in [3.8, 4) is 17.6 Å². The number of nitrogens with one attached hydrogen (secondary N) is 1. The number of benzene rings is 2. The Balaban J connectivity index is 2.20. The van der Waals surface area contributed by atoms with Crippen LogP contribution in [0.2, 0.25) is 0 Å². The highest BCUT2D eigenvalue weighted by atomic mass is 32.2. The number of urea groups is 1. The number of rotatable bonds is 10. The zero-order chi connectivity index (χ0) is 25.8. The Labute approximate surface area is 211 Å². The third-order valence-corrected chi connectivity index (χ3v) is 6.30. The lowest BCUT2D eigenvalue weighted by Crippen LogP contribution is -2.51. The second-order valence-electron chi connectivity index (χ2n) is 8.26. The van der Waals surface area contributed by atoms with Crippen LogP contribution in [0.3, 0.4) is 0 Å². The Kier molecular flexibility index (Phi) is 11.2. The minimum Gasteiger partial charge on any atom is -0.495 e.